The number of hydrogen-bond donors (Lipinski definition) is 0. The molecular weight excluding hydrogens is 1070 g/mol. The molecule has 0 fully saturated rings. The van der Waals surface area contributed by atoms with Crippen LogP contribution in [-0.4, -0.2) is 53.6 Å². The Bertz CT molecular complexity index is 2820. The van der Waals surface area contributed by atoms with E-state index in [2.05, 4.69) is 0 Å². The SMILES string of the molecule is COCc1cc(C2(c3cc(COC)c(OCCCC(=O)Oc4cc(C(F)(F)F)cc(C(F)(F)F)c4)c(COC)c3)c3ccccc3-c3ccccc32)cc(COC)c1OCCCC(=O)Oc1cc(C(F)(F)F)cc(C(F)(F)F)c1. The Hall–Kier alpha value is -7.14. The molecule has 422 valence electrons. The van der Waals surface area contributed by atoms with Crippen molar-refractivity contribution in [2.24, 2.45) is 0 Å². The molecular formula is C57H50F12O10. The van der Waals surface area contributed by atoms with E-state index in [1.165, 1.54) is 28.4 Å². The van der Waals surface area contributed by atoms with Crippen molar-refractivity contribution in [1.29, 1.82) is 0 Å². The molecule has 6 aromatic rings. The van der Waals surface area contributed by atoms with Crippen LogP contribution in [0.4, 0.5) is 52.7 Å². The summed E-state index contributed by atoms with van der Waals surface area (Å²) in [4.78, 5) is 25.7. The van der Waals surface area contributed by atoms with Crippen molar-refractivity contribution in [2.45, 2.75) is 82.2 Å². The fourth-order valence-corrected chi connectivity index (χ4v) is 9.50. The second kappa shape index (κ2) is 24.5. The first-order valence-corrected chi connectivity index (χ1v) is 24.1. The molecule has 79 heavy (non-hydrogen) atoms. The lowest BCUT2D eigenvalue weighted by Gasteiger charge is -2.36. The van der Waals surface area contributed by atoms with Crippen LogP contribution < -0.4 is 18.9 Å². The van der Waals surface area contributed by atoms with E-state index in [1.807, 2.05) is 72.8 Å². The van der Waals surface area contributed by atoms with E-state index in [9.17, 15) is 62.3 Å². The molecule has 0 N–H and O–H groups in total. The van der Waals surface area contributed by atoms with E-state index in [4.69, 9.17) is 37.9 Å². The summed E-state index contributed by atoms with van der Waals surface area (Å²) in [6, 6.07) is 24.2. The summed E-state index contributed by atoms with van der Waals surface area (Å²) in [6.45, 7) is -0.406. The van der Waals surface area contributed by atoms with Crippen molar-refractivity contribution in [3.8, 4) is 34.1 Å². The lowest BCUT2D eigenvalue weighted by atomic mass is 9.66. The number of fused-ring (bicyclic) bond motifs is 3. The van der Waals surface area contributed by atoms with Crippen molar-refractivity contribution in [1.82, 2.24) is 0 Å². The predicted octanol–water partition coefficient (Wildman–Crippen LogP) is 14.2. The van der Waals surface area contributed by atoms with Crippen molar-refractivity contribution in [3.05, 3.63) is 176 Å². The average Bonchev–Trinajstić information content (AvgIpc) is 3.09. The van der Waals surface area contributed by atoms with E-state index in [0.29, 0.717) is 69.1 Å². The van der Waals surface area contributed by atoms with Gasteiger partial charge in [-0.25, -0.2) is 0 Å². The van der Waals surface area contributed by atoms with Gasteiger partial charge in [0.25, 0.3) is 0 Å². The van der Waals surface area contributed by atoms with Crippen LogP contribution in [0.25, 0.3) is 11.1 Å². The van der Waals surface area contributed by atoms with E-state index >= 15 is 0 Å². The first-order chi connectivity index (χ1) is 37.3. The molecule has 0 heterocycles. The van der Waals surface area contributed by atoms with Crippen LogP contribution in [0.2, 0.25) is 0 Å². The van der Waals surface area contributed by atoms with Crippen molar-refractivity contribution in [3.63, 3.8) is 0 Å². The standard InChI is InChI=1S/C57H50F12O10/c1-72-29-33-19-37(20-34(30-73-2)51(33)76-17-9-15-49(70)78-43-25-39(54(58,59)60)23-40(26-43)55(61,62)63)53(47-13-7-5-11-45(47)46-12-6-8-14-48(46)53)38-21-35(31-74-3)52(36(22-38)32-75-4)77-18-10-16-50(71)79-44-27-41(56(64,65)66)24-42(28-44)57(67,68)69/h5-8,11-14,19-28H,9-10,15-18,29-32H2,1-4H3. The Morgan fingerprint density at radius 3 is 0.987 bits per heavy atom. The maximum Gasteiger partial charge on any atom is 0.416 e. The number of hydrogen-bond acceptors (Lipinski definition) is 10. The van der Waals surface area contributed by atoms with E-state index in [0.717, 1.165) is 22.3 Å². The van der Waals surface area contributed by atoms with Gasteiger partial charge in [0, 0.05) is 63.5 Å². The summed E-state index contributed by atoms with van der Waals surface area (Å²) in [5.74, 6) is -3.45. The molecule has 6 aromatic carbocycles. The van der Waals surface area contributed by atoms with Gasteiger partial charge < -0.3 is 37.9 Å². The molecule has 0 aromatic heterocycles. The molecule has 0 aliphatic heterocycles. The van der Waals surface area contributed by atoms with E-state index in [1.54, 1.807) is 0 Å². The number of alkyl halides is 12. The van der Waals surface area contributed by atoms with Crippen LogP contribution in [0.1, 0.15) is 92.4 Å². The summed E-state index contributed by atoms with van der Waals surface area (Å²) in [6.07, 6.45) is -21.7. The Kier molecular flexibility index (Phi) is 18.4. The summed E-state index contributed by atoms with van der Waals surface area (Å²) in [7, 11) is 5.87. The summed E-state index contributed by atoms with van der Waals surface area (Å²) in [5.41, 5.74) is -0.663. The smallest absolute Gasteiger partial charge is 0.416 e. The fourth-order valence-electron chi connectivity index (χ4n) is 9.50. The molecule has 0 unspecified atom stereocenters. The maximum absolute atomic E-state index is 13.5. The Labute approximate surface area is 445 Å². The number of carbonyl (C=O) groups is 2. The quantitative estimate of drug-likeness (QED) is 0.0282. The second-order valence-corrected chi connectivity index (χ2v) is 18.2. The topological polar surface area (TPSA) is 108 Å². The minimum Gasteiger partial charge on any atom is -0.493 e. The second-order valence-electron chi connectivity index (χ2n) is 18.2. The number of rotatable bonds is 22. The maximum atomic E-state index is 13.5. The van der Waals surface area contributed by atoms with Crippen molar-refractivity contribution in [2.75, 3.05) is 41.7 Å². The highest BCUT2D eigenvalue weighted by atomic mass is 19.4. The summed E-state index contributed by atoms with van der Waals surface area (Å²) in [5, 5.41) is 0. The Morgan fingerprint density at radius 2 is 0.709 bits per heavy atom. The van der Waals surface area contributed by atoms with Gasteiger partial charge in [-0.15, -0.1) is 0 Å². The van der Waals surface area contributed by atoms with Gasteiger partial charge in [-0.2, -0.15) is 52.7 Å². The molecule has 0 atom stereocenters. The zero-order chi connectivity index (χ0) is 57.5. The molecule has 1 aliphatic rings. The number of halogens is 12. The fraction of sp³-hybridized carbons (Fsp3) is 0.333. The molecule has 0 radical (unpaired) electrons. The molecule has 0 saturated heterocycles. The predicted molar refractivity (Wildman–Crippen MR) is 260 cm³/mol. The third-order valence-corrected chi connectivity index (χ3v) is 12.6. The third-order valence-electron chi connectivity index (χ3n) is 12.6. The van der Waals surface area contributed by atoms with E-state index in [-0.39, 0.29) is 64.6 Å². The third kappa shape index (κ3) is 13.7. The first-order valence-electron chi connectivity index (χ1n) is 24.1. The monoisotopic (exact) mass is 1120 g/mol. The van der Waals surface area contributed by atoms with Gasteiger partial charge in [0.05, 0.1) is 67.3 Å². The Morgan fingerprint density at radius 1 is 0.418 bits per heavy atom. The molecule has 1 aliphatic carbocycles. The zero-order valence-electron chi connectivity index (χ0n) is 42.6. The van der Waals surface area contributed by atoms with Crippen LogP contribution >= 0.6 is 0 Å². The minimum atomic E-state index is -5.16. The highest BCUT2D eigenvalue weighted by Crippen LogP contribution is 2.57. The summed E-state index contributed by atoms with van der Waals surface area (Å²) >= 11 is 0. The van der Waals surface area contributed by atoms with Crippen molar-refractivity contribution < 1.29 is 100 Å². The number of benzene rings is 6. The number of esters is 2. The average molecular weight is 1120 g/mol. The van der Waals surface area contributed by atoms with E-state index < -0.39 is 88.7 Å². The Balaban J connectivity index is 1.22. The zero-order valence-corrected chi connectivity index (χ0v) is 42.6. The highest BCUT2D eigenvalue weighted by Gasteiger charge is 2.47. The van der Waals surface area contributed by atoms with Crippen LogP contribution in [-0.2, 0) is 85.1 Å². The molecule has 0 saturated carbocycles. The molecule has 22 heteroatoms. The number of methoxy groups -OCH3 is 4. The van der Waals surface area contributed by atoms with Gasteiger partial charge in [-0.3, -0.25) is 9.59 Å². The first kappa shape index (κ1) is 59.5. The van der Waals surface area contributed by atoms with Gasteiger partial charge in [-0.1, -0.05) is 48.5 Å². The molecule has 0 amide bonds. The van der Waals surface area contributed by atoms with Gasteiger partial charge in [0.15, 0.2) is 0 Å². The number of carbonyl (C=O) groups excluding carboxylic acids is 2. The molecule has 0 bridgehead atoms. The van der Waals surface area contributed by atoms with Crippen LogP contribution in [0.3, 0.4) is 0 Å². The highest BCUT2D eigenvalue weighted by molar-refractivity contribution is 5.86. The number of ether oxygens (including phenoxy) is 8. The van der Waals surface area contributed by atoms with Crippen LogP contribution in [0.15, 0.2) is 109 Å². The van der Waals surface area contributed by atoms with Crippen molar-refractivity contribution >= 4 is 11.9 Å². The summed E-state index contributed by atoms with van der Waals surface area (Å²) < 4.78 is 207. The van der Waals surface area contributed by atoms with Gasteiger partial charge in [-0.05, 0) is 107 Å². The molecule has 0 spiro atoms. The lowest BCUT2D eigenvalue weighted by molar-refractivity contribution is -0.145. The normalized spacial score (nSPS) is 13.2. The molecule has 7 rings (SSSR count). The van der Waals surface area contributed by atoms with Crippen LogP contribution in [0.5, 0.6) is 23.0 Å². The van der Waals surface area contributed by atoms with Crippen LogP contribution in [0, 0.1) is 0 Å². The van der Waals surface area contributed by atoms with Gasteiger partial charge >= 0.3 is 36.6 Å². The van der Waals surface area contributed by atoms with Gasteiger partial charge in [0.2, 0.25) is 0 Å². The van der Waals surface area contributed by atoms with Gasteiger partial charge in [0.1, 0.15) is 23.0 Å². The molecule has 10 nitrogen and oxygen atoms in total. The largest absolute Gasteiger partial charge is 0.493 e. The lowest BCUT2D eigenvalue weighted by Crippen LogP contribution is -2.30. The minimum absolute atomic E-state index is 0.0168.